The topological polar surface area (TPSA) is 40.6 Å². The second-order valence-corrected chi connectivity index (χ2v) is 7.91. The van der Waals surface area contributed by atoms with Gasteiger partial charge < -0.3 is 0 Å². The highest BCUT2D eigenvalue weighted by Gasteiger charge is 2.43. The van der Waals surface area contributed by atoms with Crippen LogP contribution in [-0.2, 0) is 16.0 Å². The molecule has 2 aromatic carbocycles. The molecule has 6 heteroatoms. The van der Waals surface area contributed by atoms with Crippen molar-refractivity contribution in [3.05, 3.63) is 65.7 Å². The van der Waals surface area contributed by atoms with Gasteiger partial charge in [-0.05, 0) is 86.7 Å². The van der Waals surface area contributed by atoms with Crippen LogP contribution < -0.4 is 4.90 Å². The number of rotatable bonds is 5. The van der Waals surface area contributed by atoms with E-state index in [1.165, 1.54) is 41.3 Å². The minimum Gasteiger partial charge on any atom is -0.292 e. The Kier molecular flexibility index (Phi) is 5.72. The quantitative estimate of drug-likeness (QED) is 0.717. The van der Waals surface area contributed by atoms with Gasteiger partial charge in [-0.15, -0.1) is 0 Å². The molecule has 2 fully saturated rings. The van der Waals surface area contributed by atoms with Gasteiger partial charge >= 0.3 is 0 Å². The summed E-state index contributed by atoms with van der Waals surface area (Å²) in [5.74, 6) is -0.493. The van der Waals surface area contributed by atoms with Crippen LogP contribution in [0.2, 0.25) is 0 Å². The number of nitrogens with zero attached hydrogens (tertiary/aromatic N) is 2. The van der Waals surface area contributed by atoms with Crippen LogP contribution in [0.25, 0.3) is 0 Å². The van der Waals surface area contributed by atoms with Gasteiger partial charge in [-0.25, -0.2) is 13.7 Å². The molecule has 1 atom stereocenters. The summed E-state index contributed by atoms with van der Waals surface area (Å²) in [7, 11) is 0. The first-order valence-corrected chi connectivity index (χ1v) is 10.1. The summed E-state index contributed by atoms with van der Waals surface area (Å²) in [4.78, 5) is 28.6. The third-order valence-corrected chi connectivity index (χ3v) is 6.05. The Bertz CT molecular complexity index is 875. The molecule has 2 heterocycles. The molecule has 0 N–H and O–H groups in total. The highest BCUT2D eigenvalue weighted by Crippen LogP contribution is 2.30. The summed E-state index contributed by atoms with van der Waals surface area (Å²) in [5.41, 5.74) is 1.57. The number of imide groups is 1. The Morgan fingerprint density at radius 1 is 0.862 bits per heavy atom. The average Bonchev–Trinajstić information content (AvgIpc) is 3.03. The Hall–Kier alpha value is -2.60. The zero-order valence-electron chi connectivity index (χ0n) is 16.2. The number of amides is 2. The van der Waals surface area contributed by atoms with Crippen LogP contribution in [0.1, 0.15) is 31.2 Å². The number of benzene rings is 2. The van der Waals surface area contributed by atoms with Gasteiger partial charge in [0.25, 0.3) is 5.91 Å². The van der Waals surface area contributed by atoms with Gasteiger partial charge in [0.1, 0.15) is 11.6 Å². The second kappa shape index (κ2) is 8.41. The number of anilines is 1. The Morgan fingerprint density at radius 3 is 2.07 bits per heavy atom. The zero-order valence-corrected chi connectivity index (χ0v) is 16.2. The number of hydrogen-bond donors (Lipinski definition) is 0. The van der Waals surface area contributed by atoms with E-state index in [-0.39, 0.29) is 24.1 Å². The molecule has 4 nitrogen and oxygen atoms in total. The number of hydrogen-bond acceptors (Lipinski definition) is 3. The first kappa shape index (κ1) is 19.7. The molecular weight excluding hydrogens is 374 g/mol. The Balaban J connectivity index is 1.31. The predicted octanol–water partition coefficient (Wildman–Crippen LogP) is 3.94. The summed E-state index contributed by atoms with van der Waals surface area (Å²) < 4.78 is 26.2. The lowest BCUT2D eigenvalue weighted by atomic mass is 9.90. The molecule has 2 amide bonds. The molecule has 29 heavy (non-hydrogen) atoms. The molecule has 2 aliphatic rings. The molecule has 0 unspecified atom stereocenters. The Morgan fingerprint density at radius 2 is 1.45 bits per heavy atom. The van der Waals surface area contributed by atoms with Crippen molar-refractivity contribution in [3.8, 4) is 0 Å². The fourth-order valence-corrected chi connectivity index (χ4v) is 4.34. The van der Waals surface area contributed by atoms with Crippen LogP contribution in [0.3, 0.4) is 0 Å². The molecule has 0 spiro atoms. The van der Waals surface area contributed by atoms with Gasteiger partial charge in [-0.3, -0.25) is 14.5 Å². The third-order valence-electron chi connectivity index (χ3n) is 6.05. The summed E-state index contributed by atoms with van der Waals surface area (Å²) in [6, 6.07) is 11.7. The van der Waals surface area contributed by atoms with Crippen molar-refractivity contribution >= 4 is 17.5 Å². The predicted molar refractivity (Wildman–Crippen MR) is 106 cm³/mol. The van der Waals surface area contributed by atoms with Crippen molar-refractivity contribution in [1.29, 1.82) is 0 Å². The van der Waals surface area contributed by atoms with Gasteiger partial charge in [0.2, 0.25) is 5.91 Å². The first-order valence-electron chi connectivity index (χ1n) is 10.1. The highest BCUT2D eigenvalue weighted by atomic mass is 19.1. The van der Waals surface area contributed by atoms with E-state index in [1.54, 1.807) is 0 Å². The van der Waals surface area contributed by atoms with E-state index in [4.69, 9.17) is 0 Å². The van der Waals surface area contributed by atoms with Gasteiger partial charge in [0.15, 0.2) is 0 Å². The van der Waals surface area contributed by atoms with Crippen molar-refractivity contribution in [2.75, 3.05) is 18.0 Å². The van der Waals surface area contributed by atoms with Gasteiger partial charge in [0.05, 0.1) is 18.2 Å². The number of carbonyl (C=O) groups excluding carboxylic acids is 2. The molecule has 2 aliphatic heterocycles. The fraction of sp³-hybridized carbons (Fsp3) is 0.391. The molecule has 0 aliphatic carbocycles. The van der Waals surface area contributed by atoms with Crippen molar-refractivity contribution in [2.24, 2.45) is 5.92 Å². The van der Waals surface area contributed by atoms with Gasteiger partial charge in [-0.2, -0.15) is 0 Å². The van der Waals surface area contributed by atoms with Crippen molar-refractivity contribution in [3.63, 3.8) is 0 Å². The van der Waals surface area contributed by atoms with E-state index in [0.717, 1.165) is 44.3 Å². The van der Waals surface area contributed by atoms with Crippen LogP contribution in [0.5, 0.6) is 0 Å². The molecule has 2 saturated heterocycles. The van der Waals surface area contributed by atoms with E-state index in [0.29, 0.717) is 11.6 Å². The molecule has 0 bridgehead atoms. The molecule has 0 saturated carbocycles. The van der Waals surface area contributed by atoms with Crippen molar-refractivity contribution in [2.45, 2.75) is 38.1 Å². The van der Waals surface area contributed by atoms with Crippen LogP contribution >= 0.6 is 0 Å². The van der Waals surface area contributed by atoms with E-state index in [1.807, 2.05) is 12.1 Å². The van der Waals surface area contributed by atoms with Gasteiger partial charge in [0, 0.05) is 0 Å². The molecule has 4 rings (SSSR count). The standard InChI is InChI=1S/C23H24F2N2O2/c24-18-5-3-16(4-6-18)1-2-17-11-13-26(14-12-17)21-15-22(28)27(23(21)29)20-9-7-19(25)8-10-20/h3-10,17,21H,1-2,11-15H2/t21-/m0/s1. The lowest BCUT2D eigenvalue weighted by Gasteiger charge is -2.34. The summed E-state index contributed by atoms with van der Waals surface area (Å²) in [6.45, 7) is 1.57. The van der Waals surface area contributed by atoms with E-state index in [9.17, 15) is 18.4 Å². The second-order valence-electron chi connectivity index (χ2n) is 7.91. The SMILES string of the molecule is O=C1C[C@H](N2CCC(CCc3ccc(F)cc3)CC2)C(=O)N1c1ccc(F)cc1. The first-order chi connectivity index (χ1) is 14.0. The normalized spacial score (nSPS) is 21.2. The van der Waals surface area contributed by atoms with E-state index >= 15 is 0 Å². The number of likely N-dealkylation sites (tertiary alicyclic amines) is 1. The minimum atomic E-state index is -0.425. The lowest BCUT2D eigenvalue weighted by Crippen LogP contribution is -2.46. The van der Waals surface area contributed by atoms with Crippen LogP contribution in [0, 0.1) is 17.6 Å². The molecule has 0 radical (unpaired) electrons. The molecule has 0 aromatic heterocycles. The minimum absolute atomic E-state index is 0.177. The summed E-state index contributed by atoms with van der Waals surface area (Å²) in [6.07, 6.45) is 4.10. The average molecular weight is 398 g/mol. The molecule has 152 valence electrons. The van der Waals surface area contributed by atoms with Crippen LogP contribution in [0.4, 0.5) is 14.5 Å². The maximum absolute atomic E-state index is 13.1. The van der Waals surface area contributed by atoms with Crippen molar-refractivity contribution < 1.29 is 18.4 Å². The zero-order chi connectivity index (χ0) is 20.4. The van der Waals surface area contributed by atoms with E-state index < -0.39 is 11.9 Å². The number of carbonyl (C=O) groups is 2. The third kappa shape index (κ3) is 4.37. The largest absolute Gasteiger partial charge is 0.292 e. The number of halogens is 2. The maximum Gasteiger partial charge on any atom is 0.251 e. The van der Waals surface area contributed by atoms with Crippen molar-refractivity contribution in [1.82, 2.24) is 4.90 Å². The summed E-state index contributed by atoms with van der Waals surface area (Å²) in [5, 5.41) is 0. The monoisotopic (exact) mass is 398 g/mol. The maximum atomic E-state index is 13.1. The van der Waals surface area contributed by atoms with Gasteiger partial charge in [-0.1, -0.05) is 12.1 Å². The molecule has 2 aromatic rings. The number of aryl methyl sites for hydroxylation is 1. The van der Waals surface area contributed by atoms with E-state index in [2.05, 4.69) is 4.90 Å². The van der Waals surface area contributed by atoms with Crippen LogP contribution in [0.15, 0.2) is 48.5 Å². The number of piperidine rings is 1. The summed E-state index contributed by atoms with van der Waals surface area (Å²) >= 11 is 0. The lowest BCUT2D eigenvalue weighted by molar-refractivity contribution is -0.123. The Labute approximate surface area is 169 Å². The molecular formula is C23H24F2N2O2. The highest BCUT2D eigenvalue weighted by molar-refractivity contribution is 6.22. The smallest absolute Gasteiger partial charge is 0.251 e. The fourth-order valence-electron chi connectivity index (χ4n) is 4.34. The van der Waals surface area contributed by atoms with Crippen LogP contribution in [-0.4, -0.2) is 35.8 Å².